The third-order valence-electron chi connectivity index (χ3n) is 4.59. The summed E-state index contributed by atoms with van der Waals surface area (Å²) in [5.74, 6) is -0.208. The zero-order valence-corrected chi connectivity index (χ0v) is 17.8. The molecule has 0 aliphatic heterocycles. The number of nitrogens with one attached hydrogen (secondary N) is 1. The van der Waals surface area contributed by atoms with Crippen LogP contribution in [0.1, 0.15) is 18.1 Å². The molecule has 0 atom stereocenters. The van der Waals surface area contributed by atoms with Crippen molar-refractivity contribution in [3.8, 4) is 11.1 Å². The van der Waals surface area contributed by atoms with Crippen molar-refractivity contribution in [1.82, 2.24) is 0 Å². The highest BCUT2D eigenvalue weighted by atomic mass is 35.5. The van der Waals surface area contributed by atoms with E-state index in [0.717, 1.165) is 16.7 Å². The minimum atomic E-state index is -3.31. The molecule has 0 aliphatic carbocycles. The number of carbonyl (C=O) groups is 1. The molecule has 0 aromatic heterocycles. The lowest BCUT2D eigenvalue weighted by Crippen LogP contribution is -2.15. The molecule has 6 heteroatoms. The van der Waals surface area contributed by atoms with Gasteiger partial charge < -0.3 is 5.32 Å². The second-order valence-corrected chi connectivity index (χ2v) is 9.55. The van der Waals surface area contributed by atoms with E-state index in [0.29, 0.717) is 16.3 Å². The van der Waals surface area contributed by atoms with E-state index in [1.54, 1.807) is 43.3 Å². The minimum absolute atomic E-state index is 0.0211. The number of benzene rings is 3. The largest absolute Gasteiger partial charge is 0.325 e. The minimum Gasteiger partial charge on any atom is -0.325 e. The Morgan fingerprint density at radius 1 is 1.00 bits per heavy atom. The van der Waals surface area contributed by atoms with Crippen LogP contribution >= 0.6 is 11.6 Å². The molecule has 0 saturated heterocycles. The maximum Gasteiger partial charge on any atom is 0.228 e. The quantitative estimate of drug-likeness (QED) is 0.581. The molecule has 0 aliphatic rings. The lowest BCUT2D eigenvalue weighted by atomic mass is 10.0. The number of sulfone groups is 1. The number of aryl methyl sites for hydroxylation is 1. The predicted molar refractivity (Wildman–Crippen MR) is 118 cm³/mol. The molecule has 0 fully saturated rings. The molecule has 1 amide bonds. The summed E-state index contributed by atoms with van der Waals surface area (Å²) in [4.78, 5) is 12.9. The average Bonchev–Trinajstić information content (AvgIpc) is 2.69. The summed E-state index contributed by atoms with van der Waals surface area (Å²) in [7, 11) is -3.31. The first-order valence-corrected chi connectivity index (χ1v) is 11.3. The van der Waals surface area contributed by atoms with Crippen molar-refractivity contribution >= 4 is 33.0 Å². The summed E-state index contributed by atoms with van der Waals surface area (Å²) in [5, 5.41) is 3.51. The zero-order chi connectivity index (χ0) is 21.0. The van der Waals surface area contributed by atoms with Crippen molar-refractivity contribution < 1.29 is 13.2 Å². The number of hydrogen-bond donors (Lipinski definition) is 1. The second-order valence-electron chi connectivity index (χ2n) is 6.84. The molecule has 4 nitrogen and oxygen atoms in total. The molecule has 1 N–H and O–H groups in total. The highest BCUT2D eigenvalue weighted by molar-refractivity contribution is 7.91. The third-order valence-corrected chi connectivity index (χ3v) is 6.55. The average molecular weight is 428 g/mol. The molecule has 3 rings (SSSR count). The van der Waals surface area contributed by atoms with Gasteiger partial charge in [0.05, 0.1) is 17.1 Å². The number of amides is 1. The van der Waals surface area contributed by atoms with Gasteiger partial charge in [-0.05, 0) is 48.4 Å². The molecule has 29 heavy (non-hydrogen) atoms. The summed E-state index contributed by atoms with van der Waals surface area (Å²) in [6, 6.07) is 19.8. The molecular weight excluding hydrogens is 406 g/mol. The van der Waals surface area contributed by atoms with Gasteiger partial charge in [-0.15, -0.1) is 0 Å². The third kappa shape index (κ3) is 5.25. The zero-order valence-electron chi connectivity index (χ0n) is 16.3. The van der Waals surface area contributed by atoms with Crippen LogP contribution in [0.2, 0.25) is 5.02 Å². The second kappa shape index (κ2) is 8.80. The maximum atomic E-state index is 12.7. The molecule has 3 aromatic carbocycles. The van der Waals surface area contributed by atoms with Crippen LogP contribution < -0.4 is 5.32 Å². The van der Waals surface area contributed by atoms with E-state index in [1.807, 2.05) is 37.3 Å². The van der Waals surface area contributed by atoms with E-state index in [2.05, 4.69) is 5.32 Å². The summed E-state index contributed by atoms with van der Waals surface area (Å²) >= 11 is 6.18. The van der Waals surface area contributed by atoms with Crippen LogP contribution in [-0.4, -0.2) is 20.1 Å². The Kier molecular flexibility index (Phi) is 6.40. The van der Waals surface area contributed by atoms with Crippen molar-refractivity contribution in [2.45, 2.75) is 25.2 Å². The van der Waals surface area contributed by atoms with E-state index < -0.39 is 9.84 Å². The first kappa shape index (κ1) is 21.1. The highest BCUT2D eigenvalue weighted by Crippen LogP contribution is 2.31. The topological polar surface area (TPSA) is 63.2 Å². The molecular formula is C23H22ClNO3S. The lowest BCUT2D eigenvalue weighted by Gasteiger charge is -2.13. The SMILES string of the molecule is CCS(=O)(=O)c1cccc(CC(=O)Nc2ccc(Cl)cc2-c2cccc(C)c2)c1. The van der Waals surface area contributed by atoms with E-state index in [-0.39, 0.29) is 23.0 Å². The van der Waals surface area contributed by atoms with Gasteiger partial charge in [0.2, 0.25) is 5.91 Å². The molecule has 0 saturated carbocycles. The number of rotatable bonds is 6. The fourth-order valence-electron chi connectivity index (χ4n) is 3.07. The Hall–Kier alpha value is -2.63. The summed E-state index contributed by atoms with van der Waals surface area (Å²) < 4.78 is 24.2. The van der Waals surface area contributed by atoms with Crippen LogP contribution in [0.4, 0.5) is 5.69 Å². The fourth-order valence-corrected chi connectivity index (χ4v) is 4.19. The number of carbonyl (C=O) groups excluding carboxylic acids is 1. The van der Waals surface area contributed by atoms with Gasteiger partial charge in [0.25, 0.3) is 0 Å². The van der Waals surface area contributed by atoms with E-state index in [1.165, 1.54) is 0 Å². The van der Waals surface area contributed by atoms with Crippen LogP contribution in [0.5, 0.6) is 0 Å². The van der Waals surface area contributed by atoms with E-state index in [4.69, 9.17) is 11.6 Å². The normalized spacial score (nSPS) is 11.3. The highest BCUT2D eigenvalue weighted by Gasteiger charge is 2.14. The van der Waals surface area contributed by atoms with Crippen molar-refractivity contribution in [2.24, 2.45) is 0 Å². The Balaban J connectivity index is 1.84. The molecule has 0 unspecified atom stereocenters. The standard InChI is InChI=1S/C23H22ClNO3S/c1-3-29(27,28)20-9-5-7-17(13-20)14-23(26)25-22-11-10-19(24)15-21(22)18-8-4-6-16(2)12-18/h4-13,15H,3,14H2,1-2H3,(H,25,26). The van der Waals surface area contributed by atoms with Crippen molar-refractivity contribution in [2.75, 3.05) is 11.1 Å². The number of anilines is 1. The van der Waals surface area contributed by atoms with Crippen LogP contribution in [0.3, 0.4) is 0 Å². The first-order valence-electron chi connectivity index (χ1n) is 9.26. The Morgan fingerprint density at radius 2 is 1.76 bits per heavy atom. The molecule has 3 aromatic rings. The van der Waals surface area contributed by atoms with Gasteiger partial charge in [-0.3, -0.25) is 4.79 Å². The van der Waals surface area contributed by atoms with Gasteiger partial charge >= 0.3 is 0 Å². The van der Waals surface area contributed by atoms with Gasteiger partial charge in [0.1, 0.15) is 0 Å². The maximum absolute atomic E-state index is 12.7. The van der Waals surface area contributed by atoms with Gasteiger partial charge in [-0.25, -0.2) is 8.42 Å². The molecule has 0 bridgehead atoms. The monoisotopic (exact) mass is 427 g/mol. The number of hydrogen-bond acceptors (Lipinski definition) is 3. The fraction of sp³-hybridized carbons (Fsp3) is 0.174. The molecule has 0 spiro atoms. The summed E-state index contributed by atoms with van der Waals surface area (Å²) in [6.07, 6.45) is 0.0724. The smallest absolute Gasteiger partial charge is 0.228 e. The Bertz CT molecular complexity index is 1160. The summed E-state index contributed by atoms with van der Waals surface area (Å²) in [6.45, 7) is 3.60. The van der Waals surface area contributed by atoms with Gasteiger partial charge in [0, 0.05) is 16.3 Å². The molecule has 150 valence electrons. The van der Waals surface area contributed by atoms with Crippen molar-refractivity contribution in [3.05, 3.63) is 82.9 Å². The van der Waals surface area contributed by atoms with Crippen LogP contribution in [0.25, 0.3) is 11.1 Å². The molecule has 0 radical (unpaired) electrons. The van der Waals surface area contributed by atoms with Crippen LogP contribution in [-0.2, 0) is 21.1 Å². The van der Waals surface area contributed by atoms with Crippen LogP contribution in [0.15, 0.2) is 71.6 Å². The van der Waals surface area contributed by atoms with Crippen molar-refractivity contribution in [3.63, 3.8) is 0 Å². The Morgan fingerprint density at radius 3 is 2.48 bits per heavy atom. The Labute approximate surface area is 176 Å². The van der Waals surface area contributed by atoms with Gasteiger partial charge in [0.15, 0.2) is 9.84 Å². The number of halogens is 1. The lowest BCUT2D eigenvalue weighted by molar-refractivity contribution is -0.115. The van der Waals surface area contributed by atoms with Crippen LogP contribution in [0, 0.1) is 6.92 Å². The van der Waals surface area contributed by atoms with Gasteiger partial charge in [-0.1, -0.05) is 60.5 Å². The van der Waals surface area contributed by atoms with Crippen molar-refractivity contribution in [1.29, 1.82) is 0 Å². The predicted octanol–water partition coefficient (Wildman–Crippen LogP) is 5.29. The van der Waals surface area contributed by atoms with E-state index in [9.17, 15) is 13.2 Å². The van der Waals surface area contributed by atoms with E-state index >= 15 is 0 Å². The van der Waals surface area contributed by atoms with Gasteiger partial charge in [-0.2, -0.15) is 0 Å². The summed E-state index contributed by atoms with van der Waals surface area (Å²) in [5.41, 5.74) is 4.19. The molecule has 0 heterocycles. The first-order chi connectivity index (χ1) is 13.8.